The second-order valence-electron chi connectivity index (χ2n) is 3.42. The Labute approximate surface area is 95.2 Å². The zero-order chi connectivity index (χ0) is 11.8. The van der Waals surface area contributed by atoms with Gasteiger partial charge in [0, 0.05) is 17.9 Å². The maximum atomic E-state index is 11.4. The van der Waals surface area contributed by atoms with E-state index in [9.17, 15) is 4.79 Å². The van der Waals surface area contributed by atoms with E-state index in [1.165, 1.54) is 0 Å². The third-order valence-electron chi connectivity index (χ3n) is 2.04. The number of carbonyl (C=O) groups is 1. The Balaban J connectivity index is 2.49. The summed E-state index contributed by atoms with van der Waals surface area (Å²) < 4.78 is 5.12. The van der Waals surface area contributed by atoms with Gasteiger partial charge in [-0.05, 0) is 12.5 Å². The minimum Gasteiger partial charge on any atom is -0.392 e. The van der Waals surface area contributed by atoms with Crippen molar-refractivity contribution in [3.63, 3.8) is 0 Å². The molecule has 0 fully saturated rings. The number of nitrogens with one attached hydrogen (secondary N) is 1. The largest absolute Gasteiger partial charge is 0.392 e. The number of benzene rings is 1. The number of hydrogen-bond acceptors (Lipinski definition) is 3. The average Bonchev–Trinajstić information content (AvgIpc) is 2.30. The monoisotopic (exact) mass is 223 g/mol. The van der Waals surface area contributed by atoms with Gasteiger partial charge in [0.15, 0.2) is 0 Å². The van der Waals surface area contributed by atoms with Crippen LogP contribution in [0.1, 0.15) is 18.9 Å². The fraction of sp³-hybridized carbons (Fsp3) is 0.417. The molecule has 0 unspecified atom stereocenters. The SMILES string of the molecule is CCCOCC(=O)Nc1ccccc1CO. The molecule has 0 bridgehead atoms. The summed E-state index contributed by atoms with van der Waals surface area (Å²) in [6, 6.07) is 7.14. The van der Waals surface area contributed by atoms with Crippen molar-refractivity contribution in [1.82, 2.24) is 0 Å². The topological polar surface area (TPSA) is 58.6 Å². The van der Waals surface area contributed by atoms with Crippen molar-refractivity contribution in [3.05, 3.63) is 29.8 Å². The van der Waals surface area contributed by atoms with Crippen LogP contribution in [0.2, 0.25) is 0 Å². The van der Waals surface area contributed by atoms with Crippen molar-refractivity contribution in [3.8, 4) is 0 Å². The molecule has 1 aromatic rings. The maximum absolute atomic E-state index is 11.4. The van der Waals surface area contributed by atoms with Crippen LogP contribution in [0.5, 0.6) is 0 Å². The molecule has 0 spiro atoms. The molecule has 0 radical (unpaired) electrons. The number of amides is 1. The first-order valence-electron chi connectivity index (χ1n) is 5.34. The first-order valence-corrected chi connectivity index (χ1v) is 5.34. The molecule has 4 nitrogen and oxygen atoms in total. The highest BCUT2D eigenvalue weighted by molar-refractivity contribution is 5.92. The molecule has 0 saturated carbocycles. The Bertz CT molecular complexity index is 339. The Morgan fingerprint density at radius 3 is 2.88 bits per heavy atom. The number of hydrogen-bond donors (Lipinski definition) is 2. The normalized spacial score (nSPS) is 10.1. The van der Waals surface area contributed by atoms with E-state index in [-0.39, 0.29) is 19.1 Å². The summed E-state index contributed by atoms with van der Waals surface area (Å²) >= 11 is 0. The standard InChI is InChI=1S/C12H17NO3/c1-2-7-16-9-12(15)13-11-6-4-3-5-10(11)8-14/h3-6,14H,2,7-9H2,1H3,(H,13,15). The molecule has 4 heteroatoms. The molecule has 1 amide bonds. The molecule has 88 valence electrons. The van der Waals surface area contributed by atoms with Crippen molar-refractivity contribution in [2.24, 2.45) is 0 Å². The average molecular weight is 223 g/mol. The molecular weight excluding hydrogens is 206 g/mol. The van der Waals surface area contributed by atoms with E-state index in [0.29, 0.717) is 17.9 Å². The van der Waals surface area contributed by atoms with Gasteiger partial charge in [0.2, 0.25) is 5.91 Å². The number of anilines is 1. The van der Waals surface area contributed by atoms with Gasteiger partial charge in [0.25, 0.3) is 0 Å². The Morgan fingerprint density at radius 2 is 2.19 bits per heavy atom. The van der Waals surface area contributed by atoms with E-state index in [1.807, 2.05) is 19.1 Å². The molecule has 0 aliphatic heterocycles. The molecule has 1 rings (SSSR count). The quantitative estimate of drug-likeness (QED) is 0.719. The van der Waals surface area contributed by atoms with Crippen molar-refractivity contribution < 1.29 is 14.6 Å². The van der Waals surface area contributed by atoms with E-state index >= 15 is 0 Å². The summed E-state index contributed by atoms with van der Waals surface area (Å²) in [6.45, 7) is 2.52. The zero-order valence-electron chi connectivity index (χ0n) is 9.40. The predicted molar refractivity (Wildman–Crippen MR) is 62.1 cm³/mol. The highest BCUT2D eigenvalue weighted by atomic mass is 16.5. The van der Waals surface area contributed by atoms with E-state index in [0.717, 1.165) is 6.42 Å². The van der Waals surface area contributed by atoms with Crippen LogP contribution in [0.25, 0.3) is 0 Å². The molecule has 0 aliphatic carbocycles. The number of aliphatic hydroxyl groups is 1. The Morgan fingerprint density at radius 1 is 1.44 bits per heavy atom. The first-order chi connectivity index (χ1) is 7.77. The van der Waals surface area contributed by atoms with Crippen LogP contribution in [-0.2, 0) is 16.1 Å². The molecule has 2 N–H and O–H groups in total. The number of ether oxygens (including phenoxy) is 1. The second-order valence-corrected chi connectivity index (χ2v) is 3.42. The lowest BCUT2D eigenvalue weighted by molar-refractivity contribution is -0.120. The fourth-order valence-electron chi connectivity index (χ4n) is 1.28. The van der Waals surface area contributed by atoms with Crippen LogP contribution in [0.4, 0.5) is 5.69 Å². The summed E-state index contributed by atoms with van der Waals surface area (Å²) in [5.74, 6) is -0.200. The lowest BCUT2D eigenvalue weighted by atomic mass is 10.2. The summed E-state index contributed by atoms with van der Waals surface area (Å²) in [5, 5.41) is 11.8. The Kier molecular flexibility index (Phi) is 5.53. The molecule has 16 heavy (non-hydrogen) atoms. The minimum atomic E-state index is -0.200. The molecule has 0 aliphatic rings. The van der Waals surface area contributed by atoms with Gasteiger partial charge in [-0.25, -0.2) is 0 Å². The van der Waals surface area contributed by atoms with Gasteiger partial charge < -0.3 is 15.2 Å². The minimum absolute atomic E-state index is 0.0492. The third kappa shape index (κ3) is 4.00. The highest BCUT2D eigenvalue weighted by Crippen LogP contribution is 2.14. The highest BCUT2D eigenvalue weighted by Gasteiger charge is 2.05. The van der Waals surface area contributed by atoms with Gasteiger partial charge in [-0.3, -0.25) is 4.79 Å². The van der Waals surface area contributed by atoms with Gasteiger partial charge in [-0.1, -0.05) is 25.1 Å². The third-order valence-corrected chi connectivity index (χ3v) is 2.04. The number of para-hydroxylation sites is 1. The smallest absolute Gasteiger partial charge is 0.250 e. The van der Waals surface area contributed by atoms with E-state index in [2.05, 4.69) is 5.32 Å². The predicted octanol–water partition coefficient (Wildman–Crippen LogP) is 1.54. The fourth-order valence-corrected chi connectivity index (χ4v) is 1.28. The second kappa shape index (κ2) is 6.98. The van der Waals surface area contributed by atoms with Gasteiger partial charge >= 0.3 is 0 Å². The summed E-state index contributed by atoms with van der Waals surface area (Å²) in [4.78, 5) is 11.4. The molecule has 0 aromatic heterocycles. The van der Waals surface area contributed by atoms with Gasteiger partial charge in [-0.15, -0.1) is 0 Å². The van der Waals surface area contributed by atoms with Crippen LogP contribution >= 0.6 is 0 Å². The number of carbonyl (C=O) groups excluding carboxylic acids is 1. The van der Waals surface area contributed by atoms with Gasteiger partial charge in [-0.2, -0.15) is 0 Å². The van der Waals surface area contributed by atoms with Crippen LogP contribution in [0, 0.1) is 0 Å². The van der Waals surface area contributed by atoms with Crippen LogP contribution < -0.4 is 5.32 Å². The zero-order valence-corrected chi connectivity index (χ0v) is 9.40. The Hall–Kier alpha value is -1.39. The lowest BCUT2D eigenvalue weighted by Crippen LogP contribution is -2.19. The molecular formula is C12H17NO3. The maximum Gasteiger partial charge on any atom is 0.250 e. The van der Waals surface area contributed by atoms with Crippen molar-refractivity contribution in [2.75, 3.05) is 18.5 Å². The molecule has 0 saturated heterocycles. The van der Waals surface area contributed by atoms with Crippen LogP contribution in [-0.4, -0.2) is 24.2 Å². The van der Waals surface area contributed by atoms with Gasteiger partial charge in [0.1, 0.15) is 6.61 Å². The van der Waals surface area contributed by atoms with E-state index < -0.39 is 0 Å². The van der Waals surface area contributed by atoms with E-state index in [1.54, 1.807) is 12.1 Å². The van der Waals surface area contributed by atoms with Crippen molar-refractivity contribution >= 4 is 11.6 Å². The summed E-state index contributed by atoms with van der Waals surface area (Å²) in [7, 11) is 0. The molecule has 0 heterocycles. The number of rotatable bonds is 6. The van der Waals surface area contributed by atoms with Crippen molar-refractivity contribution in [1.29, 1.82) is 0 Å². The van der Waals surface area contributed by atoms with Gasteiger partial charge in [0.05, 0.1) is 6.61 Å². The van der Waals surface area contributed by atoms with Crippen LogP contribution in [0.3, 0.4) is 0 Å². The summed E-state index contributed by atoms with van der Waals surface area (Å²) in [5.41, 5.74) is 1.33. The first kappa shape index (κ1) is 12.7. The number of aliphatic hydroxyl groups excluding tert-OH is 1. The molecule has 1 aromatic carbocycles. The molecule has 0 atom stereocenters. The van der Waals surface area contributed by atoms with Crippen LogP contribution in [0.15, 0.2) is 24.3 Å². The van der Waals surface area contributed by atoms with Crippen molar-refractivity contribution in [2.45, 2.75) is 20.0 Å². The lowest BCUT2D eigenvalue weighted by Gasteiger charge is -2.09. The van der Waals surface area contributed by atoms with E-state index in [4.69, 9.17) is 9.84 Å². The summed E-state index contributed by atoms with van der Waals surface area (Å²) in [6.07, 6.45) is 0.889.